The smallest absolute Gasteiger partial charge is 0.335 e. The van der Waals surface area contributed by atoms with Crippen LogP contribution in [0.1, 0.15) is 48.9 Å². The Labute approximate surface area is 186 Å². The number of hydrogen-bond acceptors (Lipinski definition) is 6. The number of nitrogens with zero attached hydrogens (tertiary/aromatic N) is 2. The Morgan fingerprint density at radius 1 is 0.806 bits per heavy atom. The van der Waals surface area contributed by atoms with Crippen LogP contribution in [0.2, 0.25) is 0 Å². The molecule has 0 aliphatic heterocycles. The number of ether oxygens (including phenoxy) is 2. The van der Waals surface area contributed by atoms with E-state index in [9.17, 15) is 4.79 Å². The van der Waals surface area contributed by atoms with E-state index in [-0.39, 0.29) is 5.56 Å². The third-order valence-corrected chi connectivity index (χ3v) is 5.94. The van der Waals surface area contributed by atoms with E-state index in [0.29, 0.717) is 0 Å². The number of rotatable bonds is 13. The van der Waals surface area contributed by atoms with E-state index < -0.39 is 5.97 Å². The predicted molar refractivity (Wildman–Crippen MR) is 123 cm³/mol. The van der Waals surface area contributed by atoms with Crippen molar-refractivity contribution in [3.63, 3.8) is 0 Å². The van der Waals surface area contributed by atoms with Gasteiger partial charge in [0, 0.05) is 24.8 Å². The first-order chi connectivity index (χ1) is 15.2. The Morgan fingerprint density at radius 3 is 1.87 bits per heavy atom. The molecule has 164 valence electrons. The second kappa shape index (κ2) is 12.2. The number of carbonyl (C=O) groups is 1. The zero-order valence-corrected chi connectivity index (χ0v) is 18.6. The van der Waals surface area contributed by atoms with Crippen LogP contribution >= 0.6 is 11.3 Å². The molecule has 6 nitrogen and oxygen atoms in total. The van der Waals surface area contributed by atoms with Crippen LogP contribution in [0.3, 0.4) is 0 Å². The van der Waals surface area contributed by atoms with Gasteiger partial charge in [0.05, 0.1) is 12.2 Å². The van der Waals surface area contributed by atoms with Crippen molar-refractivity contribution in [1.29, 1.82) is 0 Å². The molecule has 0 atom stereocenters. The van der Waals surface area contributed by atoms with E-state index in [4.69, 9.17) is 14.6 Å². The van der Waals surface area contributed by atoms with Crippen molar-refractivity contribution in [1.82, 2.24) is 10.2 Å². The number of aromatic nitrogens is 2. The van der Waals surface area contributed by atoms with Crippen molar-refractivity contribution in [3.05, 3.63) is 54.1 Å². The van der Waals surface area contributed by atoms with E-state index >= 15 is 0 Å². The highest BCUT2D eigenvalue weighted by Crippen LogP contribution is 2.31. The topological polar surface area (TPSA) is 81.5 Å². The third-order valence-electron chi connectivity index (χ3n) is 4.92. The van der Waals surface area contributed by atoms with Gasteiger partial charge in [-0.2, -0.15) is 0 Å². The van der Waals surface area contributed by atoms with Gasteiger partial charge in [-0.25, -0.2) is 4.79 Å². The Morgan fingerprint density at radius 2 is 1.32 bits per heavy atom. The molecule has 0 saturated heterocycles. The van der Waals surface area contributed by atoms with Crippen molar-refractivity contribution >= 4 is 17.3 Å². The molecule has 0 bridgehead atoms. The minimum Gasteiger partial charge on any atom is -0.494 e. The second-order valence-corrected chi connectivity index (χ2v) is 8.26. The molecule has 7 heteroatoms. The molecule has 2 aromatic carbocycles. The van der Waals surface area contributed by atoms with Gasteiger partial charge in [-0.1, -0.05) is 49.2 Å². The molecule has 0 aliphatic carbocycles. The lowest BCUT2D eigenvalue weighted by Crippen LogP contribution is -1.97. The summed E-state index contributed by atoms with van der Waals surface area (Å²) in [6.45, 7) is 1.59. The van der Waals surface area contributed by atoms with Gasteiger partial charge in [0.25, 0.3) is 0 Å². The normalized spacial score (nSPS) is 10.9. The molecule has 0 spiro atoms. The van der Waals surface area contributed by atoms with E-state index in [1.54, 1.807) is 31.4 Å². The maximum Gasteiger partial charge on any atom is 0.335 e. The summed E-state index contributed by atoms with van der Waals surface area (Å²) in [6, 6.07) is 14.6. The first kappa shape index (κ1) is 22.9. The van der Waals surface area contributed by atoms with Gasteiger partial charge in [0.2, 0.25) is 0 Å². The highest BCUT2D eigenvalue weighted by atomic mass is 32.1. The number of methoxy groups -OCH3 is 1. The lowest BCUT2D eigenvalue weighted by Gasteiger charge is -2.06. The summed E-state index contributed by atoms with van der Waals surface area (Å²) >= 11 is 1.47. The fourth-order valence-corrected chi connectivity index (χ4v) is 4.01. The first-order valence-electron chi connectivity index (χ1n) is 10.6. The highest BCUT2D eigenvalue weighted by molar-refractivity contribution is 7.17. The molecule has 1 N–H and O–H groups in total. The van der Waals surface area contributed by atoms with Crippen molar-refractivity contribution < 1.29 is 19.4 Å². The number of aromatic carboxylic acids is 1. The monoisotopic (exact) mass is 440 g/mol. The first-order valence-corrected chi connectivity index (χ1v) is 11.4. The number of carboxylic acid groups (broad SMARTS) is 1. The highest BCUT2D eigenvalue weighted by Gasteiger charge is 2.10. The largest absolute Gasteiger partial charge is 0.494 e. The lowest BCUT2D eigenvalue weighted by atomic mass is 10.1. The van der Waals surface area contributed by atoms with Gasteiger partial charge >= 0.3 is 5.97 Å². The number of benzene rings is 2. The van der Waals surface area contributed by atoms with Crippen LogP contribution < -0.4 is 4.74 Å². The molecule has 0 unspecified atom stereocenters. The molecule has 1 aromatic heterocycles. The molecule has 31 heavy (non-hydrogen) atoms. The van der Waals surface area contributed by atoms with Gasteiger partial charge in [-0.05, 0) is 49.2 Å². The maximum absolute atomic E-state index is 11.0. The molecule has 0 aliphatic rings. The number of hydrogen-bond donors (Lipinski definition) is 1. The van der Waals surface area contributed by atoms with E-state index in [1.165, 1.54) is 37.0 Å². The third kappa shape index (κ3) is 7.15. The molecule has 0 amide bonds. The summed E-state index contributed by atoms with van der Waals surface area (Å²) in [4.78, 5) is 11.0. The van der Waals surface area contributed by atoms with E-state index in [1.807, 2.05) is 24.3 Å². The summed E-state index contributed by atoms with van der Waals surface area (Å²) in [5.74, 6) is -0.0809. The summed E-state index contributed by atoms with van der Waals surface area (Å²) in [5.41, 5.74) is 2.09. The standard InChI is InChI=1S/C24H28N2O4S/c1-29-16-6-4-2-3-5-7-17-30-21-14-12-19(13-15-21)23-26-25-22(31-23)18-8-10-20(11-9-18)24(27)28/h8-15H,2-7,16-17H2,1H3,(H,27,28). The average molecular weight is 441 g/mol. The van der Waals surface area contributed by atoms with Gasteiger partial charge in [-0.15, -0.1) is 10.2 Å². The minimum absolute atomic E-state index is 0.256. The van der Waals surface area contributed by atoms with Crippen LogP contribution in [0.5, 0.6) is 5.75 Å². The van der Waals surface area contributed by atoms with Gasteiger partial charge in [0.1, 0.15) is 15.8 Å². The van der Waals surface area contributed by atoms with Gasteiger partial charge < -0.3 is 14.6 Å². The Balaban J connectivity index is 1.44. The van der Waals surface area contributed by atoms with Gasteiger partial charge in [0.15, 0.2) is 0 Å². The molecule has 1 heterocycles. The molecule has 0 fully saturated rings. The molecule has 3 rings (SSSR count). The van der Waals surface area contributed by atoms with Crippen LogP contribution in [0, 0.1) is 0 Å². The zero-order valence-electron chi connectivity index (χ0n) is 17.8. The molecular formula is C24H28N2O4S. The summed E-state index contributed by atoms with van der Waals surface area (Å²) < 4.78 is 10.9. The Kier molecular flexibility index (Phi) is 8.99. The second-order valence-electron chi connectivity index (χ2n) is 7.28. The fraction of sp³-hybridized carbons (Fsp3) is 0.375. The Hall–Kier alpha value is -2.77. The zero-order chi connectivity index (χ0) is 21.9. The van der Waals surface area contributed by atoms with E-state index in [0.717, 1.165) is 52.9 Å². The molecule has 0 radical (unpaired) electrons. The Bertz CT molecular complexity index is 939. The summed E-state index contributed by atoms with van der Waals surface area (Å²) in [5, 5.41) is 19.1. The average Bonchev–Trinajstić information content (AvgIpc) is 3.29. The number of unbranched alkanes of at least 4 members (excludes halogenated alkanes) is 5. The fourth-order valence-electron chi connectivity index (χ4n) is 3.15. The maximum atomic E-state index is 11.0. The minimum atomic E-state index is -0.940. The summed E-state index contributed by atoms with van der Waals surface area (Å²) in [7, 11) is 1.75. The van der Waals surface area contributed by atoms with Crippen LogP contribution in [-0.4, -0.2) is 41.6 Å². The predicted octanol–water partition coefficient (Wildman–Crippen LogP) is 5.94. The quantitative estimate of drug-likeness (QED) is 0.331. The van der Waals surface area contributed by atoms with Crippen molar-refractivity contribution in [2.45, 2.75) is 38.5 Å². The van der Waals surface area contributed by atoms with Crippen molar-refractivity contribution in [3.8, 4) is 26.9 Å². The number of carboxylic acids is 1. The van der Waals surface area contributed by atoms with Crippen molar-refractivity contribution in [2.75, 3.05) is 20.3 Å². The van der Waals surface area contributed by atoms with Crippen LogP contribution in [0.25, 0.3) is 21.1 Å². The summed E-state index contributed by atoms with van der Waals surface area (Å²) in [6.07, 6.45) is 7.12. The van der Waals surface area contributed by atoms with Crippen LogP contribution in [0.4, 0.5) is 0 Å². The van der Waals surface area contributed by atoms with Crippen molar-refractivity contribution in [2.24, 2.45) is 0 Å². The lowest BCUT2D eigenvalue weighted by molar-refractivity contribution is 0.0697. The van der Waals surface area contributed by atoms with Crippen LogP contribution in [-0.2, 0) is 4.74 Å². The molecule has 0 saturated carbocycles. The SMILES string of the molecule is COCCCCCCCCOc1ccc(-c2nnc(-c3ccc(C(=O)O)cc3)s2)cc1. The van der Waals surface area contributed by atoms with Gasteiger partial charge in [-0.3, -0.25) is 0 Å². The van der Waals surface area contributed by atoms with E-state index in [2.05, 4.69) is 10.2 Å². The molecular weight excluding hydrogens is 412 g/mol. The van der Waals surface area contributed by atoms with Crippen LogP contribution in [0.15, 0.2) is 48.5 Å². The molecule has 3 aromatic rings.